The van der Waals surface area contributed by atoms with E-state index in [4.69, 9.17) is 9.47 Å². The summed E-state index contributed by atoms with van der Waals surface area (Å²) in [6.45, 7) is 2.34. The summed E-state index contributed by atoms with van der Waals surface area (Å²) in [6.07, 6.45) is -2.40. The topological polar surface area (TPSA) is 67.8 Å². The van der Waals surface area contributed by atoms with Gasteiger partial charge in [0.05, 0.1) is 10.6 Å². The summed E-state index contributed by atoms with van der Waals surface area (Å²) in [5.41, 5.74) is -1.12. The Labute approximate surface area is 172 Å². The molecule has 0 atom stereocenters. The molecule has 1 aromatic rings. The summed E-state index contributed by atoms with van der Waals surface area (Å²) in [6, 6.07) is 0. The minimum absolute atomic E-state index is 0. The van der Waals surface area contributed by atoms with E-state index in [0.29, 0.717) is 43.7 Å². The molecular weight excluding hydrogens is 484 g/mol. The Kier molecular flexibility index (Phi) is 9.55. The minimum atomic E-state index is -4.39. The Hall–Kier alpha value is -0.660. The highest BCUT2D eigenvalue weighted by molar-refractivity contribution is 14.0. The van der Waals surface area contributed by atoms with Crippen LogP contribution in [0.3, 0.4) is 0 Å². The molecule has 1 aliphatic heterocycles. The SMILES string of the molecule is CN=C(NCCc1nc(C(F)(F)F)cs1)NCC1(OC)CCOCC1.I. The van der Waals surface area contributed by atoms with Crippen LogP contribution in [0.4, 0.5) is 13.2 Å². The van der Waals surface area contributed by atoms with Crippen molar-refractivity contribution in [3.8, 4) is 0 Å². The number of hydrogen-bond acceptors (Lipinski definition) is 5. The van der Waals surface area contributed by atoms with Crippen LogP contribution in [0.25, 0.3) is 0 Å². The van der Waals surface area contributed by atoms with E-state index < -0.39 is 11.9 Å². The van der Waals surface area contributed by atoms with Gasteiger partial charge in [0.2, 0.25) is 0 Å². The first-order chi connectivity index (χ1) is 11.9. The highest BCUT2D eigenvalue weighted by Gasteiger charge is 2.34. The van der Waals surface area contributed by atoms with E-state index >= 15 is 0 Å². The molecular formula is C15H24F3IN4O2S. The molecule has 2 N–H and O–H groups in total. The molecule has 2 rings (SSSR count). The fourth-order valence-corrected chi connectivity index (χ4v) is 3.31. The van der Waals surface area contributed by atoms with E-state index in [2.05, 4.69) is 20.6 Å². The number of nitrogens with one attached hydrogen (secondary N) is 2. The van der Waals surface area contributed by atoms with Gasteiger partial charge in [-0.2, -0.15) is 13.2 Å². The van der Waals surface area contributed by atoms with Crippen LogP contribution < -0.4 is 10.6 Å². The number of ether oxygens (including phenoxy) is 2. The van der Waals surface area contributed by atoms with Crippen LogP contribution in [-0.2, 0) is 22.1 Å². The Morgan fingerprint density at radius 2 is 2.08 bits per heavy atom. The van der Waals surface area contributed by atoms with Crippen LogP contribution in [0, 0.1) is 0 Å². The van der Waals surface area contributed by atoms with Crippen LogP contribution in [0.15, 0.2) is 10.4 Å². The molecule has 150 valence electrons. The van der Waals surface area contributed by atoms with Gasteiger partial charge in [0.25, 0.3) is 0 Å². The second kappa shape index (κ2) is 10.6. The smallest absolute Gasteiger partial charge is 0.381 e. The summed E-state index contributed by atoms with van der Waals surface area (Å²) in [4.78, 5) is 7.73. The molecule has 0 aliphatic carbocycles. The van der Waals surface area contributed by atoms with Crippen LogP contribution in [0.5, 0.6) is 0 Å². The number of thiazole rings is 1. The Morgan fingerprint density at radius 3 is 2.62 bits per heavy atom. The molecule has 0 bridgehead atoms. The fourth-order valence-electron chi connectivity index (χ4n) is 2.51. The first-order valence-electron chi connectivity index (χ1n) is 7.97. The van der Waals surface area contributed by atoms with Crippen molar-refractivity contribution in [2.75, 3.05) is 40.5 Å². The second-order valence-corrected chi connectivity index (χ2v) is 6.67. The number of rotatable bonds is 6. The third kappa shape index (κ3) is 6.82. The maximum absolute atomic E-state index is 12.5. The van der Waals surface area contributed by atoms with E-state index in [1.54, 1.807) is 14.2 Å². The molecule has 0 amide bonds. The van der Waals surface area contributed by atoms with E-state index in [0.717, 1.165) is 29.6 Å². The molecule has 2 heterocycles. The van der Waals surface area contributed by atoms with Crippen molar-refractivity contribution >= 4 is 41.3 Å². The number of nitrogens with zero attached hydrogens (tertiary/aromatic N) is 2. The standard InChI is InChI=1S/C15H23F3N4O2S.HI/c1-19-13(21-10-14(23-2)4-7-24-8-5-14)20-6-3-12-22-11(9-25-12)15(16,17)18;/h9H,3-8,10H2,1-2H3,(H2,19,20,21);1H. The van der Waals surface area contributed by atoms with Crippen molar-refractivity contribution in [3.63, 3.8) is 0 Å². The maximum Gasteiger partial charge on any atom is 0.434 e. The lowest BCUT2D eigenvalue weighted by molar-refractivity contribution is -0.140. The predicted octanol–water partition coefficient (Wildman–Crippen LogP) is 2.68. The molecule has 0 spiro atoms. The van der Waals surface area contributed by atoms with Gasteiger partial charge in [-0.25, -0.2) is 4.98 Å². The van der Waals surface area contributed by atoms with Gasteiger partial charge in [0.15, 0.2) is 11.7 Å². The van der Waals surface area contributed by atoms with Gasteiger partial charge >= 0.3 is 6.18 Å². The van der Waals surface area contributed by atoms with Gasteiger partial charge in [-0.1, -0.05) is 0 Å². The monoisotopic (exact) mass is 508 g/mol. The third-order valence-electron chi connectivity index (χ3n) is 4.11. The van der Waals surface area contributed by atoms with Crippen LogP contribution in [-0.4, -0.2) is 57.0 Å². The van der Waals surface area contributed by atoms with Gasteiger partial charge in [-0.15, -0.1) is 35.3 Å². The number of methoxy groups -OCH3 is 1. The maximum atomic E-state index is 12.5. The number of aliphatic imine (C=N–C) groups is 1. The van der Waals surface area contributed by atoms with Crippen LogP contribution in [0.1, 0.15) is 23.5 Å². The zero-order chi connectivity index (χ0) is 18.3. The van der Waals surface area contributed by atoms with Crippen molar-refractivity contribution in [2.45, 2.75) is 31.0 Å². The van der Waals surface area contributed by atoms with Crippen LogP contribution >= 0.6 is 35.3 Å². The molecule has 0 aromatic carbocycles. The molecule has 1 aliphatic rings. The van der Waals surface area contributed by atoms with Gasteiger partial charge in [0, 0.05) is 65.1 Å². The lowest BCUT2D eigenvalue weighted by Gasteiger charge is -2.36. The highest BCUT2D eigenvalue weighted by atomic mass is 127. The molecule has 0 saturated carbocycles. The number of hydrogen-bond donors (Lipinski definition) is 2. The van der Waals surface area contributed by atoms with E-state index in [1.165, 1.54) is 0 Å². The van der Waals surface area contributed by atoms with Crippen molar-refractivity contribution in [2.24, 2.45) is 4.99 Å². The van der Waals surface area contributed by atoms with Crippen LogP contribution in [0.2, 0.25) is 0 Å². The van der Waals surface area contributed by atoms with Crippen molar-refractivity contribution < 1.29 is 22.6 Å². The number of halogens is 4. The summed E-state index contributed by atoms with van der Waals surface area (Å²) in [7, 11) is 3.33. The largest absolute Gasteiger partial charge is 0.434 e. The van der Waals surface area contributed by atoms with Crippen molar-refractivity contribution in [1.29, 1.82) is 0 Å². The zero-order valence-electron chi connectivity index (χ0n) is 14.7. The number of aromatic nitrogens is 1. The molecule has 26 heavy (non-hydrogen) atoms. The summed E-state index contributed by atoms with van der Waals surface area (Å²) in [5, 5.41) is 7.77. The Morgan fingerprint density at radius 1 is 1.38 bits per heavy atom. The number of guanidine groups is 1. The predicted molar refractivity (Wildman–Crippen MR) is 105 cm³/mol. The Balaban J connectivity index is 0.00000338. The van der Waals surface area contributed by atoms with Crippen molar-refractivity contribution in [3.05, 3.63) is 16.1 Å². The average Bonchev–Trinajstić information content (AvgIpc) is 3.08. The molecule has 0 radical (unpaired) electrons. The first-order valence-corrected chi connectivity index (χ1v) is 8.85. The molecule has 11 heteroatoms. The molecule has 6 nitrogen and oxygen atoms in total. The number of alkyl halides is 3. The van der Waals surface area contributed by atoms with E-state index in [9.17, 15) is 13.2 Å². The molecule has 0 unspecified atom stereocenters. The quantitative estimate of drug-likeness (QED) is 0.352. The molecule has 1 aromatic heterocycles. The minimum Gasteiger partial charge on any atom is -0.381 e. The normalized spacial score (nSPS) is 17.5. The molecule has 1 fully saturated rings. The highest BCUT2D eigenvalue weighted by Crippen LogP contribution is 2.30. The van der Waals surface area contributed by atoms with Gasteiger partial charge in [-0.05, 0) is 0 Å². The molecule has 1 saturated heterocycles. The summed E-state index contributed by atoms with van der Waals surface area (Å²) < 4.78 is 48.6. The fraction of sp³-hybridized carbons (Fsp3) is 0.733. The van der Waals surface area contributed by atoms with Gasteiger partial charge in [-0.3, -0.25) is 4.99 Å². The first kappa shape index (κ1) is 23.4. The van der Waals surface area contributed by atoms with Gasteiger partial charge in [0.1, 0.15) is 0 Å². The third-order valence-corrected chi connectivity index (χ3v) is 5.02. The lowest BCUT2D eigenvalue weighted by atomic mass is 9.94. The Bertz CT molecular complexity index is 577. The summed E-state index contributed by atoms with van der Waals surface area (Å²) >= 11 is 1.01. The van der Waals surface area contributed by atoms with Gasteiger partial charge < -0.3 is 20.1 Å². The summed E-state index contributed by atoms with van der Waals surface area (Å²) in [5.74, 6) is 0.579. The van der Waals surface area contributed by atoms with E-state index in [1.807, 2.05) is 0 Å². The lowest BCUT2D eigenvalue weighted by Crippen LogP contribution is -2.51. The zero-order valence-corrected chi connectivity index (χ0v) is 17.8. The van der Waals surface area contributed by atoms with Crippen molar-refractivity contribution in [1.82, 2.24) is 15.6 Å². The average molecular weight is 508 g/mol. The second-order valence-electron chi connectivity index (χ2n) is 5.73. The van der Waals surface area contributed by atoms with E-state index in [-0.39, 0.29) is 29.6 Å².